The highest BCUT2D eigenvalue weighted by atomic mass is 35.5. The van der Waals surface area contributed by atoms with E-state index in [1.807, 2.05) is 0 Å². The van der Waals surface area contributed by atoms with Gasteiger partial charge in [-0.2, -0.15) is 0 Å². The smallest absolute Gasteiger partial charge is 0.249 e. The summed E-state index contributed by atoms with van der Waals surface area (Å²) in [5.74, 6) is 0.778. The SMILES string of the molecule is CCCC1CC1NC(=O)[C@@H]1CC[C@H](CN)O1.Cl. The van der Waals surface area contributed by atoms with Gasteiger partial charge in [-0.05, 0) is 31.6 Å². The van der Waals surface area contributed by atoms with Crippen LogP contribution in [0.15, 0.2) is 0 Å². The monoisotopic (exact) mass is 262 g/mol. The van der Waals surface area contributed by atoms with Crippen molar-refractivity contribution in [2.24, 2.45) is 11.7 Å². The molecule has 0 aromatic heterocycles. The Morgan fingerprint density at radius 1 is 1.47 bits per heavy atom. The van der Waals surface area contributed by atoms with Gasteiger partial charge in [-0.1, -0.05) is 13.3 Å². The van der Waals surface area contributed by atoms with E-state index >= 15 is 0 Å². The average molecular weight is 263 g/mol. The van der Waals surface area contributed by atoms with Crippen LogP contribution in [0.25, 0.3) is 0 Å². The Bertz CT molecular complexity index is 263. The van der Waals surface area contributed by atoms with Crippen molar-refractivity contribution < 1.29 is 9.53 Å². The summed E-state index contributed by atoms with van der Waals surface area (Å²) in [5.41, 5.74) is 5.51. The Balaban J connectivity index is 0.00000144. The van der Waals surface area contributed by atoms with Gasteiger partial charge in [0.1, 0.15) is 6.10 Å². The van der Waals surface area contributed by atoms with E-state index < -0.39 is 0 Å². The van der Waals surface area contributed by atoms with Gasteiger partial charge in [-0.25, -0.2) is 0 Å². The third kappa shape index (κ3) is 3.83. The van der Waals surface area contributed by atoms with E-state index in [4.69, 9.17) is 10.5 Å². The fourth-order valence-electron chi connectivity index (χ4n) is 2.46. The van der Waals surface area contributed by atoms with Gasteiger partial charge in [0.05, 0.1) is 6.10 Å². The lowest BCUT2D eigenvalue weighted by molar-refractivity contribution is -0.132. The van der Waals surface area contributed by atoms with Crippen LogP contribution >= 0.6 is 12.4 Å². The zero-order chi connectivity index (χ0) is 11.5. The second kappa shape index (κ2) is 6.57. The molecule has 0 spiro atoms. The molecule has 2 aliphatic rings. The van der Waals surface area contributed by atoms with Crippen LogP contribution in [-0.4, -0.2) is 30.7 Å². The number of nitrogens with one attached hydrogen (secondary N) is 1. The Kier molecular flexibility index (Phi) is 5.70. The molecule has 1 aliphatic heterocycles. The maximum Gasteiger partial charge on any atom is 0.249 e. The van der Waals surface area contributed by atoms with Gasteiger partial charge < -0.3 is 15.8 Å². The van der Waals surface area contributed by atoms with E-state index in [-0.39, 0.29) is 30.5 Å². The molecule has 4 nitrogen and oxygen atoms in total. The van der Waals surface area contributed by atoms with Crippen molar-refractivity contribution >= 4 is 18.3 Å². The molecule has 0 aromatic carbocycles. The minimum atomic E-state index is -0.253. The molecule has 0 aromatic rings. The van der Waals surface area contributed by atoms with E-state index in [1.165, 1.54) is 12.8 Å². The molecule has 1 saturated carbocycles. The van der Waals surface area contributed by atoms with Crippen LogP contribution in [0.4, 0.5) is 0 Å². The van der Waals surface area contributed by atoms with Crippen LogP contribution in [0.1, 0.15) is 39.0 Å². The van der Waals surface area contributed by atoms with Gasteiger partial charge in [0.25, 0.3) is 0 Å². The summed E-state index contributed by atoms with van der Waals surface area (Å²) in [4.78, 5) is 11.8. The summed E-state index contributed by atoms with van der Waals surface area (Å²) in [6.07, 6.45) is 5.13. The molecule has 17 heavy (non-hydrogen) atoms. The molecule has 3 N–H and O–H groups in total. The van der Waals surface area contributed by atoms with Crippen molar-refractivity contribution in [2.75, 3.05) is 6.54 Å². The standard InChI is InChI=1S/C12H22N2O2.ClH/c1-2-3-8-6-10(8)14-12(15)11-5-4-9(7-13)16-11;/h8-11H,2-7,13H2,1H3,(H,14,15);1H/t8?,9-,10?,11+;/m1./s1. The Morgan fingerprint density at radius 3 is 2.82 bits per heavy atom. The first kappa shape index (κ1) is 14.7. The fourth-order valence-corrected chi connectivity index (χ4v) is 2.46. The zero-order valence-electron chi connectivity index (χ0n) is 10.4. The predicted octanol–water partition coefficient (Wildman–Crippen LogP) is 1.22. The molecule has 1 saturated heterocycles. The van der Waals surface area contributed by atoms with Crippen LogP contribution in [0.5, 0.6) is 0 Å². The lowest BCUT2D eigenvalue weighted by Crippen LogP contribution is -2.37. The molecule has 2 fully saturated rings. The largest absolute Gasteiger partial charge is 0.364 e. The van der Waals surface area contributed by atoms with Crippen molar-refractivity contribution in [3.05, 3.63) is 0 Å². The molecule has 0 radical (unpaired) electrons. The molecule has 1 amide bonds. The highest BCUT2D eigenvalue weighted by molar-refractivity contribution is 5.85. The zero-order valence-corrected chi connectivity index (χ0v) is 11.2. The normalized spacial score (nSPS) is 35.2. The topological polar surface area (TPSA) is 64.4 Å². The average Bonchev–Trinajstić information content (AvgIpc) is 2.84. The van der Waals surface area contributed by atoms with Crippen molar-refractivity contribution in [3.8, 4) is 0 Å². The number of amides is 1. The number of carbonyl (C=O) groups is 1. The summed E-state index contributed by atoms with van der Waals surface area (Å²) in [7, 11) is 0. The number of rotatable bonds is 5. The summed E-state index contributed by atoms with van der Waals surface area (Å²) in [6.45, 7) is 2.70. The molecular formula is C12H23ClN2O2. The number of halogens is 1. The van der Waals surface area contributed by atoms with E-state index in [9.17, 15) is 4.79 Å². The molecule has 4 atom stereocenters. The van der Waals surface area contributed by atoms with Crippen molar-refractivity contribution in [2.45, 2.75) is 57.3 Å². The van der Waals surface area contributed by atoms with E-state index in [0.29, 0.717) is 18.5 Å². The predicted molar refractivity (Wildman–Crippen MR) is 69.1 cm³/mol. The third-order valence-electron chi connectivity index (χ3n) is 3.57. The fraction of sp³-hybridized carbons (Fsp3) is 0.917. The molecule has 1 aliphatic carbocycles. The molecule has 1 heterocycles. The number of nitrogens with two attached hydrogens (primary N) is 1. The number of hydrogen-bond donors (Lipinski definition) is 2. The van der Waals surface area contributed by atoms with E-state index in [1.54, 1.807) is 0 Å². The highest BCUT2D eigenvalue weighted by Gasteiger charge is 2.39. The quantitative estimate of drug-likeness (QED) is 0.783. The number of hydrogen-bond acceptors (Lipinski definition) is 3. The van der Waals surface area contributed by atoms with Gasteiger partial charge in [0, 0.05) is 12.6 Å². The van der Waals surface area contributed by atoms with E-state index in [2.05, 4.69) is 12.2 Å². The van der Waals surface area contributed by atoms with Gasteiger partial charge in [0.15, 0.2) is 0 Å². The van der Waals surface area contributed by atoms with Crippen LogP contribution in [0.2, 0.25) is 0 Å². The first-order chi connectivity index (χ1) is 7.74. The minimum Gasteiger partial charge on any atom is -0.364 e. The van der Waals surface area contributed by atoms with Crippen molar-refractivity contribution in [3.63, 3.8) is 0 Å². The Labute approximate surface area is 109 Å². The van der Waals surface area contributed by atoms with Crippen molar-refractivity contribution in [1.82, 2.24) is 5.32 Å². The molecule has 100 valence electrons. The van der Waals surface area contributed by atoms with Crippen LogP contribution in [-0.2, 0) is 9.53 Å². The van der Waals surface area contributed by atoms with Crippen LogP contribution < -0.4 is 11.1 Å². The second-order valence-electron chi connectivity index (χ2n) is 4.96. The van der Waals surface area contributed by atoms with E-state index in [0.717, 1.165) is 19.3 Å². The third-order valence-corrected chi connectivity index (χ3v) is 3.57. The van der Waals surface area contributed by atoms with Gasteiger partial charge in [-0.15, -0.1) is 12.4 Å². The molecular weight excluding hydrogens is 240 g/mol. The second-order valence-corrected chi connectivity index (χ2v) is 4.96. The number of ether oxygens (including phenoxy) is 1. The minimum absolute atomic E-state index is 0. The first-order valence-corrected chi connectivity index (χ1v) is 6.40. The summed E-state index contributed by atoms with van der Waals surface area (Å²) in [6, 6.07) is 0.410. The van der Waals surface area contributed by atoms with Crippen LogP contribution in [0.3, 0.4) is 0 Å². The summed E-state index contributed by atoms with van der Waals surface area (Å²) >= 11 is 0. The van der Waals surface area contributed by atoms with Crippen molar-refractivity contribution in [1.29, 1.82) is 0 Å². The Hall–Kier alpha value is -0.320. The summed E-state index contributed by atoms with van der Waals surface area (Å²) < 4.78 is 5.56. The Morgan fingerprint density at radius 2 is 2.24 bits per heavy atom. The molecule has 0 bridgehead atoms. The molecule has 2 rings (SSSR count). The lowest BCUT2D eigenvalue weighted by atomic mass is 10.2. The maximum atomic E-state index is 11.8. The first-order valence-electron chi connectivity index (χ1n) is 6.40. The summed E-state index contributed by atoms with van der Waals surface area (Å²) in [5, 5.41) is 3.07. The maximum absolute atomic E-state index is 11.8. The molecule has 5 heteroatoms. The van der Waals surface area contributed by atoms with Gasteiger partial charge in [-0.3, -0.25) is 4.79 Å². The van der Waals surface area contributed by atoms with Gasteiger partial charge in [0.2, 0.25) is 5.91 Å². The van der Waals surface area contributed by atoms with Gasteiger partial charge >= 0.3 is 0 Å². The highest BCUT2D eigenvalue weighted by Crippen LogP contribution is 2.34. The van der Waals surface area contributed by atoms with Crippen LogP contribution in [0, 0.1) is 5.92 Å². The number of carbonyl (C=O) groups excluding carboxylic acids is 1. The molecule has 2 unspecified atom stereocenters. The lowest BCUT2D eigenvalue weighted by Gasteiger charge is -2.12.